The summed E-state index contributed by atoms with van der Waals surface area (Å²) < 4.78 is 0. The maximum Gasteiger partial charge on any atom is 0.321 e. The van der Waals surface area contributed by atoms with E-state index in [4.69, 9.17) is 0 Å². The molecule has 4 nitrogen and oxygen atoms in total. The molecule has 2 amide bonds. The molecule has 0 aliphatic carbocycles. The van der Waals surface area contributed by atoms with Gasteiger partial charge >= 0.3 is 6.03 Å². The molecule has 17 heavy (non-hydrogen) atoms. The highest BCUT2D eigenvalue weighted by Gasteiger charge is 2.24. The number of anilines is 1. The smallest absolute Gasteiger partial charge is 0.321 e. The van der Waals surface area contributed by atoms with Crippen LogP contribution >= 0.6 is 0 Å². The van der Waals surface area contributed by atoms with Crippen molar-refractivity contribution >= 4 is 11.7 Å². The van der Waals surface area contributed by atoms with Crippen LogP contribution in [0.3, 0.4) is 0 Å². The molecule has 0 saturated heterocycles. The summed E-state index contributed by atoms with van der Waals surface area (Å²) in [4.78, 5) is 13.0. The fraction of sp³-hybridized carbons (Fsp3) is 0.308. The van der Waals surface area contributed by atoms with Gasteiger partial charge in [0.05, 0.1) is 5.69 Å². The number of nitrogens with zero attached hydrogens (tertiary/aromatic N) is 1. The van der Waals surface area contributed by atoms with E-state index in [2.05, 4.69) is 11.9 Å². The van der Waals surface area contributed by atoms with Crippen molar-refractivity contribution in [1.29, 1.82) is 0 Å². The van der Waals surface area contributed by atoms with Gasteiger partial charge in [0.15, 0.2) is 0 Å². The number of hydrogen-bond acceptors (Lipinski definition) is 2. The van der Waals surface area contributed by atoms with E-state index >= 15 is 0 Å². The highest BCUT2D eigenvalue weighted by molar-refractivity contribution is 5.95. The van der Waals surface area contributed by atoms with E-state index in [-0.39, 0.29) is 11.8 Å². The summed E-state index contributed by atoms with van der Waals surface area (Å²) in [6.45, 7) is 6.16. The Morgan fingerprint density at radius 1 is 1.65 bits per heavy atom. The number of phenolic OH excluding ortho intramolecular Hbond substituents is 1. The monoisotopic (exact) mass is 232 g/mol. The van der Waals surface area contributed by atoms with Crippen LogP contribution in [-0.4, -0.2) is 18.2 Å². The molecule has 0 fully saturated rings. The molecule has 0 saturated carbocycles. The van der Waals surface area contributed by atoms with Crippen molar-refractivity contribution in [2.24, 2.45) is 0 Å². The number of rotatable bonds is 2. The predicted molar refractivity (Wildman–Crippen MR) is 67.4 cm³/mol. The van der Waals surface area contributed by atoms with E-state index in [1.54, 1.807) is 19.2 Å². The van der Waals surface area contributed by atoms with Crippen LogP contribution < -0.4 is 10.2 Å². The minimum Gasteiger partial charge on any atom is -0.508 e. The summed E-state index contributed by atoms with van der Waals surface area (Å²) >= 11 is 0. The predicted octanol–water partition coefficient (Wildman–Crippen LogP) is 2.09. The number of phenols is 1. The summed E-state index contributed by atoms with van der Waals surface area (Å²) in [6.07, 6.45) is 2.39. The molecular formula is C13H16N2O2. The average molecular weight is 232 g/mol. The van der Waals surface area contributed by atoms with Crippen LogP contribution in [0.15, 0.2) is 18.7 Å². The standard InChI is InChI=1S/C13H16N2O2/c1-4-5-9-8(2)10-7-14-13(17)15(3)11(10)6-12(9)16/h4,6,16H,1,5,7H2,2-3H3,(H,14,17). The Labute approximate surface area is 101 Å². The van der Waals surface area contributed by atoms with Crippen molar-refractivity contribution in [3.63, 3.8) is 0 Å². The molecule has 2 rings (SSSR count). The van der Waals surface area contributed by atoms with Gasteiger partial charge in [-0.05, 0) is 24.5 Å². The molecule has 1 aromatic carbocycles. The van der Waals surface area contributed by atoms with Crippen LogP contribution in [0.5, 0.6) is 5.75 Å². The van der Waals surface area contributed by atoms with Gasteiger partial charge in [0.25, 0.3) is 0 Å². The van der Waals surface area contributed by atoms with E-state index in [0.717, 1.165) is 22.4 Å². The number of aromatic hydroxyl groups is 1. The molecule has 1 aromatic rings. The fourth-order valence-electron chi connectivity index (χ4n) is 2.19. The first-order valence-corrected chi connectivity index (χ1v) is 5.53. The highest BCUT2D eigenvalue weighted by Crippen LogP contribution is 2.35. The first-order valence-electron chi connectivity index (χ1n) is 5.53. The van der Waals surface area contributed by atoms with Gasteiger partial charge in [-0.2, -0.15) is 0 Å². The molecule has 0 spiro atoms. The molecule has 1 heterocycles. The van der Waals surface area contributed by atoms with E-state index in [0.29, 0.717) is 13.0 Å². The summed E-state index contributed by atoms with van der Waals surface area (Å²) in [7, 11) is 1.69. The lowest BCUT2D eigenvalue weighted by atomic mass is 9.95. The van der Waals surface area contributed by atoms with Crippen LogP contribution in [0.2, 0.25) is 0 Å². The van der Waals surface area contributed by atoms with Gasteiger partial charge in [-0.15, -0.1) is 6.58 Å². The summed E-state index contributed by atoms with van der Waals surface area (Å²) in [5.41, 5.74) is 3.73. The van der Waals surface area contributed by atoms with Gasteiger partial charge < -0.3 is 10.4 Å². The minimum absolute atomic E-state index is 0.146. The number of amides is 2. The molecule has 0 aromatic heterocycles. The van der Waals surface area contributed by atoms with E-state index in [9.17, 15) is 9.90 Å². The quantitative estimate of drug-likeness (QED) is 0.767. The Hall–Kier alpha value is -1.97. The second-order valence-corrected chi connectivity index (χ2v) is 4.21. The van der Waals surface area contributed by atoms with Crippen LogP contribution in [0.1, 0.15) is 16.7 Å². The zero-order valence-electron chi connectivity index (χ0n) is 10.1. The summed E-state index contributed by atoms with van der Waals surface area (Å²) in [6, 6.07) is 1.51. The number of carbonyl (C=O) groups excluding carboxylic acids is 1. The van der Waals surface area contributed by atoms with Crippen molar-refractivity contribution < 1.29 is 9.90 Å². The number of hydrogen-bond donors (Lipinski definition) is 2. The second-order valence-electron chi connectivity index (χ2n) is 4.21. The van der Waals surface area contributed by atoms with Crippen LogP contribution in [0, 0.1) is 6.92 Å². The van der Waals surface area contributed by atoms with Crippen molar-refractivity contribution in [2.75, 3.05) is 11.9 Å². The molecule has 0 unspecified atom stereocenters. The maximum absolute atomic E-state index is 11.5. The van der Waals surface area contributed by atoms with Gasteiger partial charge in [0.2, 0.25) is 0 Å². The number of carbonyl (C=O) groups is 1. The molecule has 1 aliphatic heterocycles. The lowest BCUT2D eigenvalue weighted by Crippen LogP contribution is -2.42. The molecule has 0 atom stereocenters. The number of fused-ring (bicyclic) bond motifs is 1. The third-order valence-electron chi connectivity index (χ3n) is 3.23. The fourth-order valence-corrected chi connectivity index (χ4v) is 2.19. The Bertz CT molecular complexity index is 495. The average Bonchev–Trinajstić information content (AvgIpc) is 2.30. The second kappa shape index (κ2) is 4.13. The zero-order valence-corrected chi connectivity index (χ0v) is 10.1. The van der Waals surface area contributed by atoms with Gasteiger partial charge in [0.1, 0.15) is 5.75 Å². The first kappa shape index (κ1) is 11.5. The van der Waals surface area contributed by atoms with Gasteiger partial charge in [0, 0.05) is 25.2 Å². The number of urea groups is 1. The maximum atomic E-state index is 11.5. The molecule has 2 N–H and O–H groups in total. The van der Waals surface area contributed by atoms with Crippen molar-refractivity contribution in [3.05, 3.63) is 35.4 Å². The van der Waals surface area contributed by atoms with Crippen molar-refractivity contribution in [1.82, 2.24) is 5.32 Å². The first-order chi connectivity index (χ1) is 8.06. The van der Waals surface area contributed by atoms with E-state index < -0.39 is 0 Å². The Kier molecular flexibility index (Phi) is 2.79. The van der Waals surface area contributed by atoms with Crippen LogP contribution in [-0.2, 0) is 13.0 Å². The van der Waals surface area contributed by atoms with Gasteiger partial charge in [-0.25, -0.2) is 4.79 Å². The number of allylic oxidation sites excluding steroid dienone is 1. The normalized spacial score (nSPS) is 14.2. The Morgan fingerprint density at radius 3 is 3.00 bits per heavy atom. The summed E-state index contributed by atoms with van der Waals surface area (Å²) in [5, 5.41) is 12.8. The lowest BCUT2D eigenvalue weighted by molar-refractivity contribution is 0.246. The van der Waals surface area contributed by atoms with Gasteiger partial charge in [-0.1, -0.05) is 6.08 Å². The Balaban J connectivity index is 2.60. The number of nitrogens with one attached hydrogen (secondary N) is 1. The SMILES string of the molecule is C=CCc1c(O)cc2c(c1C)CNC(=O)N2C. The molecule has 0 radical (unpaired) electrons. The zero-order chi connectivity index (χ0) is 12.6. The topological polar surface area (TPSA) is 52.6 Å². The van der Waals surface area contributed by atoms with Crippen LogP contribution in [0.4, 0.5) is 10.5 Å². The molecule has 90 valence electrons. The molecule has 4 heteroatoms. The molecule has 0 bridgehead atoms. The summed E-state index contributed by atoms with van der Waals surface area (Å²) in [5.74, 6) is 0.225. The van der Waals surface area contributed by atoms with E-state index in [1.165, 1.54) is 4.90 Å². The minimum atomic E-state index is -0.146. The van der Waals surface area contributed by atoms with E-state index in [1.807, 2.05) is 6.92 Å². The Morgan fingerprint density at radius 2 is 2.35 bits per heavy atom. The molecular weight excluding hydrogens is 216 g/mol. The lowest BCUT2D eigenvalue weighted by Gasteiger charge is -2.29. The molecule has 1 aliphatic rings. The highest BCUT2D eigenvalue weighted by atomic mass is 16.3. The third-order valence-corrected chi connectivity index (χ3v) is 3.23. The van der Waals surface area contributed by atoms with Crippen LogP contribution in [0.25, 0.3) is 0 Å². The van der Waals surface area contributed by atoms with Gasteiger partial charge in [-0.3, -0.25) is 4.90 Å². The van der Waals surface area contributed by atoms with Crippen molar-refractivity contribution in [2.45, 2.75) is 19.9 Å². The largest absolute Gasteiger partial charge is 0.508 e. The van der Waals surface area contributed by atoms with Crippen molar-refractivity contribution in [3.8, 4) is 5.75 Å². The number of benzene rings is 1. The third kappa shape index (κ3) is 1.75.